The first kappa shape index (κ1) is 13.9. The quantitative estimate of drug-likeness (QED) is 0.558. The van der Waals surface area contributed by atoms with Gasteiger partial charge in [-0.3, -0.25) is 0 Å². The van der Waals surface area contributed by atoms with Crippen molar-refractivity contribution in [3.8, 4) is 5.75 Å². The van der Waals surface area contributed by atoms with Crippen LogP contribution in [0.25, 0.3) is 10.1 Å². The molecule has 0 bridgehead atoms. The number of rotatable bonds is 3. The minimum atomic E-state index is 0.809. The van der Waals surface area contributed by atoms with Gasteiger partial charge in [0.05, 0.1) is 7.11 Å². The highest BCUT2D eigenvalue weighted by atomic mass is 79.9. The Hall–Kier alpha value is -1.03. The second kappa shape index (κ2) is 5.76. The first-order valence-electron chi connectivity index (χ1n) is 6.16. The van der Waals surface area contributed by atoms with E-state index in [0.717, 1.165) is 27.2 Å². The summed E-state index contributed by atoms with van der Waals surface area (Å²) in [6.45, 7) is 0. The Morgan fingerprint density at radius 1 is 1.15 bits per heavy atom. The Morgan fingerprint density at radius 3 is 2.80 bits per heavy atom. The van der Waals surface area contributed by atoms with Crippen LogP contribution in [0.15, 0.2) is 46.9 Å². The second-order valence-corrected chi connectivity index (χ2v) is 7.02. The zero-order valence-corrected chi connectivity index (χ0v) is 14.0. The summed E-state index contributed by atoms with van der Waals surface area (Å²) >= 11 is 11.5. The lowest BCUT2D eigenvalue weighted by Crippen LogP contribution is -1.86. The van der Waals surface area contributed by atoms with Crippen LogP contribution in [-0.4, -0.2) is 7.11 Å². The van der Waals surface area contributed by atoms with Crippen LogP contribution in [-0.2, 0) is 6.42 Å². The molecule has 0 N–H and O–H groups in total. The van der Waals surface area contributed by atoms with Crippen LogP contribution < -0.4 is 4.74 Å². The highest BCUT2D eigenvalue weighted by molar-refractivity contribution is 9.10. The fourth-order valence-electron chi connectivity index (χ4n) is 2.15. The number of hydrogen-bond donors (Lipinski definition) is 0. The first-order chi connectivity index (χ1) is 9.65. The Kier molecular flexibility index (Phi) is 4.01. The molecule has 0 spiro atoms. The number of thiophene rings is 1. The van der Waals surface area contributed by atoms with E-state index in [2.05, 4.69) is 40.2 Å². The highest BCUT2D eigenvalue weighted by Crippen LogP contribution is 2.32. The monoisotopic (exact) mass is 366 g/mol. The SMILES string of the molecule is COc1ccc2cc(Cc3cc(Br)ccc3Cl)sc2c1. The summed E-state index contributed by atoms with van der Waals surface area (Å²) in [6.07, 6.45) is 0.847. The molecule has 0 aliphatic rings. The van der Waals surface area contributed by atoms with Crippen molar-refractivity contribution < 1.29 is 4.74 Å². The molecule has 0 unspecified atom stereocenters. The second-order valence-electron chi connectivity index (χ2n) is 4.53. The molecule has 0 saturated carbocycles. The molecule has 0 aliphatic heterocycles. The van der Waals surface area contributed by atoms with Gasteiger partial charge in [-0.15, -0.1) is 11.3 Å². The molecule has 0 aliphatic carbocycles. The number of hydrogen-bond acceptors (Lipinski definition) is 2. The van der Waals surface area contributed by atoms with Crippen molar-refractivity contribution in [1.82, 2.24) is 0 Å². The topological polar surface area (TPSA) is 9.23 Å². The number of ether oxygens (including phenoxy) is 1. The van der Waals surface area contributed by atoms with E-state index in [1.807, 2.05) is 18.2 Å². The van der Waals surface area contributed by atoms with Gasteiger partial charge in [0.1, 0.15) is 5.75 Å². The molecule has 3 aromatic rings. The van der Waals surface area contributed by atoms with E-state index in [0.29, 0.717) is 0 Å². The number of fused-ring (bicyclic) bond motifs is 1. The first-order valence-corrected chi connectivity index (χ1v) is 8.15. The van der Waals surface area contributed by atoms with Crippen molar-refractivity contribution in [3.05, 3.63) is 62.4 Å². The van der Waals surface area contributed by atoms with Crippen LogP contribution in [0.2, 0.25) is 5.02 Å². The van der Waals surface area contributed by atoms with Gasteiger partial charge in [-0.2, -0.15) is 0 Å². The minimum Gasteiger partial charge on any atom is -0.497 e. The summed E-state index contributed by atoms with van der Waals surface area (Å²) in [7, 11) is 1.69. The summed E-state index contributed by atoms with van der Waals surface area (Å²) in [5.41, 5.74) is 1.14. The standard InChI is InChI=1S/C16H12BrClOS/c1-19-13-4-2-10-7-14(20-16(10)9-13)8-11-6-12(17)3-5-15(11)18/h2-7,9H,8H2,1H3. The van der Waals surface area contributed by atoms with Crippen molar-refractivity contribution >= 4 is 49.0 Å². The fourth-order valence-corrected chi connectivity index (χ4v) is 3.86. The van der Waals surface area contributed by atoms with Crippen molar-refractivity contribution in [2.75, 3.05) is 7.11 Å². The van der Waals surface area contributed by atoms with E-state index in [1.165, 1.54) is 15.0 Å². The molecule has 0 radical (unpaired) electrons. The van der Waals surface area contributed by atoms with E-state index >= 15 is 0 Å². The van der Waals surface area contributed by atoms with E-state index < -0.39 is 0 Å². The smallest absolute Gasteiger partial charge is 0.120 e. The molecule has 20 heavy (non-hydrogen) atoms. The number of halogens is 2. The summed E-state index contributed by atoms with van der Waals surface area (Å²) in [5.74, 6) is 0.895. The molecule has 0 fully saturated rings. The van der Waals surface area contributed by atoms with Crippen LogP contribution in [0.3, 0.4) is 0 Å². The maximum Gasteiger partial charge on any atom is 0.120 e. The summed E-state index contributed by atoms with van der Waals surface area (Å²) < 4.78 is 7.56. The zero-order valence-electron chi connectivity index (χ0n) is 10.8. The average Bonchev–Trinajstić information content (AvgIpc) is 2.84. The molecule has 1 heterocycles. The van der Waals surface area contributed by atoms with Crippen LogP contribution >= 0.6 is 38.9 Å². The van der Waals surface area contributed by atoms with Crippen LogP contribution in [0.1, 0.15) is 10.4 Å². The van der Waals surface area contributed by atoms with Crippen LogP contribution in [0.4, 0.5) is 0 Å². The Morgan fingerprint density at radius 2 is 2.00 bits per heavy atom. The summed E-state index contributed by atoms with van der Waals surface area (Å²) in [6, 6.07) is 14.3. The third kappa shape index (κ3) is 2.85. The molecular formula is C16H12BrClOS. The molecule has 0 amide bonds. The lowest BCUT2D eigenvalue weighted by molar-refractivity contribution is 0.415. The third-order valence-electron chi connectivity index (χ3n) is 3.15. The Balaban J connectivity index is 1.96. The lowest BCUT2D eigenvalue weighted by atomic mass is 10.1. The van der Waals surface area contributed by atoms with Crippen LogP contribution in [0.5, 0.6) is 5.75 Å². The van der Waals surface area contributed by atoms with Gasteiger partial charge in [0.25, 0.3) is 0 Å². The van der Waals surface area contributed by atoms with Gasteiger partial charge >= 0.3 is 0 Å². The summed E-state index contributed by atoms with van der Waals surface area (Å²) in [4.78, 5) is 1.30. The van der Waals surface area contributed by atoms with E-state index in [4.69, 9.17) is 16.3 Å². The summed E-state index contributed by atoms with van der Waals surface area (Å²) in [5, 5.41) is 2.06. The Labute approximate surface area is 135 Å². The molecule has 1 nitrogen and oxygen atoms in total. The van der Waals surface area contributed by atoms with Crippen molar-refractivity contribution in [2.24, 2.45) is 0 Å². The zero-order chi connectivity index (χ0) is 14.1. The normalized spacial score (nSPS) is 10.9. The van der Waals surface area contributed by atoms with Gasteiger partial charge in [0, 0.05) is 25.5 Å². The van der Waals surface area contributed by atoms with Gasteiger partial charge < -0.3 is 4.74 Å². The van der Waals surface area contributed by atoms with Crippen LogP contribution in [0, 0.1) is 0 Å². The largest absolute Gasteiger partial charge is 0.497 e. The molecule has 3 rings (SSSR count). The molecular weight excluding hydrogens is 356 g/mol. The number of methoxy groups -OCH3 is 1. The number of benzene rings is 2. The fraction of sp³-hybridized carbons (Fsp3) is 0.125. The molecule has 1 aromatic heterocycles. The average molecular weight is 368 g/mol. The molecule has 0 atom stereocenters. The Bertz CT molecular complexity index is 766. The molecule has 102 valence electrons. The van der Waals surface area contributed by atoms with Gasteiger partial charge in [-0.05, 0) is 53.4 Å². The van der Waals surface area contributed by atoms with E-state index in [1.54, 1.807) is 18.4 Å². The van der Waals surface area contributed by atoms with Crippen molar-refractivity contribution in [3.63, 3.8) is 0 Å². The highest BCUT2D eigenvalue weighted by Gasteiger charge is 2.07. The maximum absolute atomic E-state index is 6.26. The molecule has 0 saturated heterocycles. The lowest BCUT2D eigenvalue weighted by Gasteiger charge is -2.02. The van der Waals surface area contributed by atoms with E-state index in [9.17, 15) is 0 Å². The predicted molar refractivity (Wildman–Crippen MR) is 90.3 cm³/mol. The molecule has 4 heteroatoms. The van der Waals surface area contributed by atoms with Crippen molar-refractivity contribution in [2.45, 2.75) is 6.42 Å². The predicted octanol–water partition coefficient (Wildman–Crippen LogP) is 5.92. The maximum atomic E-state index is 6.26. The third-order valence-corrected chi connectivity index (χ3v) is 5.11. The van der Waals surface area contributed by atoms with Gasteiger partial charge in [0.15, 0.2) is 0 Å². The van der Waals surface area contributed by atoms with Gasteiger partial charge in [-0.25, -0.2) is 0 Å². The minimum absolute atomic E-state index is 0.809. The van der Waals surface area contributed by atoms with E-state index in [-0.39, 0.29) is 0 Å². The van der Waals surface area contributed by atoms with Gasteiger partial charge in [-0.1, -0.05) is 27.5 Å². The molecule has 2 aromatic carbocycles. The van der Waals surface area contributed by atoms with Gasteiger partial charge in [0.2, 0.25) is 0 Å². The van der Waals surface area contributed by atoms with Crippen molar-refractivity contribution in [1.29, 1.82) is 0 Å².